The van der Waals surface area contributed by atoms with Crippen molar-refractivity contribution in [2.24, 2.45) is 0 Å². The summed E-state index contributed by atoms with van der Waals surface area (Å²) in [5, 5.41) is 2.02. The summed E-state index contributed by atoms with van der Waals surface area (Å²) in [6.07, 6.45) is 1.17. The Bertz CT molecular complexity index is 1090. The highest BCUT2D eigenvalue weighted by Gasteiger charge is 2.29. The van der Waals surface area contributed by atoms with Gasteiger partial charge in [0, 0.05) is 36.7 Å². The van der Waals surface area contributed by atoms with E-state index in [1.807, 2.05) is 30.3 Å². The number of carbonyl (C=O) groups excluding carboxylic acids is 1. The van der Waals surface area contributed by atoms with Gasteiger partial charge in [-0.15, -0.1) is 0 Å². The molecule has 0 spiro atoms. The lowest BCUT2D eigenvalue weighted by molar-refractivity contribution is 0.0976. The van der Waals surface area contributed by atoms with E-state index in [1.165, 1.54) is 5.69 Å². The molecule has 0 N–H and O–H groups in total. The Morgan fingerprint density at radius 2 is 1.90 bits per heavy atom. The summed E-state index contributed by atoms with van der Waals surface area (Å²) in [5.74, 6) is 0.785. The fourth-order valence-corrected chi connectivity index (χ4v) is 4.78. The minimum atomic E-state index is -0.282. The third-order valence-electron chi connectivity index (χ3n) is 5.69. The second kappa shape index (κ2) is 7.47. The van der Waals surface area contributed by atoms with Gasteiger partial charge in [0.25, 0.3) is 0 Å². The van der Waals surface area contributed by atoms with E-state index in [-0.39, 0.29) is 12.7 Å². The smallest absolute Gasteiger partial charge is 0.410 e. The number of aromatic nitrogens is 1. The standard InChI is InChI=1S/C22H20Cl2N2O3/c23-16-12-18-21-19(20(16)24)15-6-8-25(9-7-17(15)26(21)10-11-28-18)22(27)29-13-14-4-2-1-3-5-14/h1-5,12H,6-11,13H2. The van der Waals surface area contributed by atoms with E-state index >= 15 is 0 Å². The van der Waals surface area contributed by atoms with Crippen LogP contribution in [0.4, 0.5) is 4.79 Å². The van der Waals surface area contributed by atoms with E-state index in [2.05, 4.69) is 4.57 Å². The quantitative estimate of drug-likeness (QED) is 0.569. The fraction of sp³-hybridized carbons (Fsp3) is 0.318. The highest BCUT2D eigenvalue weighted by molar-refractivity contribution is 6.45. The minimum Gasteiger partial charge on any atom is -0.489 e. The first-order chi connectivity index (χ1) is 14.1. The summed E-state index contributed by atoms with van der Waals surface area (Å²) in [7, 11) is 0. The molecule has 1 amide bonds. The number of hydrogen-bond acceptors (Lipinski definition) is 3. The van der Waals surface area contributed by atoms with Gasteiger partial charge in [0.1, 0.15) is 19.0 Å². The summed E-state index contributed by atoms with van der Waals surface area (Å²) in [6, 6.07) is 11.5. The van der Waals surface area contributed by atoms with E-state index in [4.69, 9.17) is 32.7 Å². The zero-order valence-electron chi connectivity index (χ0n) is 15.8. The Morgan fingerprint density at radius 3 is 2.72 bits per heavy atom. The van der Waals surface area contributed by atoms with Gasteiger partial charge in [-0.3, -0.25) is 0 Å². The van der Waals surface area contributed by atoms with E-state index in [0.29, 0.717) is 36.2 Å². The van der Waals surface area contributed by atoms with Crippen LogP contribution in [0.25, 0.3) is 10.9 Å². The maximum atomic E-state index is 12.6. The molecule has 150 valence electrons. The lowest BCUT2D eigenvalue weighted by atomic mass is 10.1. The number of carbonyl (C=O) groups is 1. The number of rotatable bonds is 2. The Balaban J connectivity index is 1.40. The third kappa shape index (κ3) is 3.22. The lowest BCUT2D eigenvalue weighted by Gasteiger charge is -2.22. The first kappa shape index (κ1) is 18.6. The van der Waals surface area contributed by atoms with E-state index in [0.717, 1.165) is 40.7 Å². The van der Waals surface area contributed by atoms with Crippen LogP contribution < -0.4 is 4.74 Å². The number of fused-ring (bicyclic) bond motifs is 3. The molecule has 3 heterocycles. The Kier molecular flexibility index (Phi) is 4.80. The molecular formula is C22H20Cl2N2O3. The Labute approximate surface area is 178 Å². The maximum Gasteiger partial charge on any atom is 0.410 e. The van der Waals surface area contributed by atoms with Crippen LogP contribution >= 0.6 is 23.2 Å². The second-order valence-electron chi connectivity index (χ2n) is 7.35. The molecule has 2 aromatic carbocycles. The zero-order chi connectivity index (χ0) is 20.0. The zero-order valence-corrected chi connectivity index (χ0v) is 17.3. The molecular weight excluding hydrogens is 411 g/mol. The van der Waals surface area contributed by atoms with Crippen LogP contribution in [-0.2, 0) is 30.7 Å². The van der Waals surface area contributed by atoms with Crippen molar-refractivity contribution >= 4 is 40.2 Å². The fourth-order valence-electron chi connectivity index (χ4n) is 4.33. The van der Waals surface area contributed by atoms with Crippen LogP contribution in [0.5, 0.6) is 5.75 Å². The average molecular weight is 431 g/mol. The van der Waals surface area contributed by atoms with Crippen LogP contribution in [0.3, 0.4) is 0 Å². The topological polar surface area (TPSA) is 43.7 Å². The van der Waals surface area contributed by atoms with Crippen LogP contribution in [-0.4, -0.2) is 35.3 Å². The van der Waals surface area contributed by atoms with Gasteiger partial charge in [0.05, 0.1) is 22.1 Å². The molecule has 3 aromatic rings. The van der Waals surface area contributed by atoms with Crippen molar-refractivity contribution in [3.05, 3.63) is 63.3 Å². The molecule has 0 saturated carbocycles. The number of amides is 1. The van der Waals surface area contributed by atoms with Crippen LogP contribution in [0, 0.1) is 0 Å². The predicted molar refractivity (Wildman–Crippen MR) is 113 cm³/mol. The van der Waals surface area contributed by atoms with Crippen LogP contribution in [0.15, 0.2) is 36.4 Å². The number of hydrogen-bond donors (Lipinski definition) is 0. The van der Waals surface area contributed by atoms with E-state index in [9.17, 15) is 4.79 Å². The van der Waals surface area contributed by atoms with Gasteiger partial charge >= 0.3 is 6.09 Å². The largest absolute Gasteiger partial charge is 0.489 e. The molecule has 2 aliphatic rings. The first-order valence-corrected chi connectivity index (χ1v) is 10.5. The Hall–Kier alpha value is -2.37. The number of benzene rings is 2. The van der Waals surface area contributed by atoms with Crippen molar-refractivity contribution < 1.29 is 14.3 Å². The van der Waals surface area contributed by atoms with Crippen molar-refractivity contribution in [3.8, 4) is 5.75 Å². The predicted octanol–water partition coefficient (Wildman–Crippen LogP) is 5.08. The number of halogens is 2. The van der Waals surface area contributed by atoms with Crippen molar-refractivity contribution in [2.75, 3.05) is 19.7 Å². The van der Waals surface area contributed by atoms with Gasteiger partial charge in [-0.25, -0.2) is 4.79 Å². The average Bonchev–Trinajstić information content (AvgIpc) is 2.90. The number of ether oxygens (including phenoxy) is 2. The molecule has 0 atom stereocenters. The van der Waals surface area contributed by atoms with Gasteiger partial charge in [-0.1, -0.05) is 53.5 Å². The first-order valence-electron chi connectivity index (χ1n) is 9.74. The van der Waals surface area contributed by atoms with Crippen LogP contribution in [0.1, 0.15) is 16.8 Å². The summed E-state index contributed by atoms with van der Waals surface area (Å²) >= 11 is 13.0. The summed E-state index contributed by atoms with van der Waals surface area (Å²) in [6.45, 7) is 2.84. The van der Waals surface area contributed by atoms with Crippen molar-refractivity contribution in [1.82, 2.24) is 9.47 Å². The normalized spacial score (nSPS) is 15.6. The molecule has 1 aromatic heterocycles. The van der Waals surface area contributed by atoms with Crippen molar-refractivity contribution in [3.63, 3.8) is 0 Å². The molecule has 0 radical (unpaired) electrons. The molecule has 0 saturated heterocycles. The lowest BCUT2D eigenvalue weighted by Crippen LogP contribution is -2.34. The maximum absolute atomic E-state index is 12.6. The molecule has 5 rings (SSSR count). The SMILES string of the molecule is O=C(OCc1ccccc1)N1CCc2c(n3c4c(cc(Cl)c(Cl)c24)OCC3)CC1. The highest BCUT2D eigenvalue weighted by Crippen LogP contribution is 2.44. The molecule has 2 aliphatic heterocycles. The minimum absolute atomic E-state index is 0.278. The van der Waals surface area contributed by atoms with Crippen LogP contribution in [0.2, 0.25) is 10.0 Å². The molecule has 7 heteroatoms. The molecule has 0 aliphatic carbocycles. The Morgan fingerprint density at radius 1 is 1.10 bits per heavy atom. The molecule has 5 nitrogen and oxygen atoms in total. The summed E-state index contributed by atoms with van der Waals surface area (Å²) in [4.78, 5) is 14.4. The van der Waals surface area contributed by atoms with Gasteiger partial charge in [-0.2, -0.15) is 0 Å². The molecule has 29 heavy (non-hydrogen) atoms. The van der Waals surface area contributed by atoms with E-state index in [1.54, 1.807) is 11.0 Å². The van der Waals surface area contributed by atoms with Crippen molar-refractivity contribution in [2.45, 2.75) is 26.0 Å². The summed E-state index contributed by atoms with van der Waals surface area (Å²) < 4.78 is 13.6. The van der Waals surface area contributed by atoms with E-state index < -0.39 is 0 Å². The van der Waals surface area contributed by atoms with Gasteiger partial charge < -0.3 is 18.9 Å². The molecule has 0 bridgehead atoms. The van der Waals surface area contributed by atoms with Gasteiger partial charge in [0.2, 0.25) is 0 Å². The highest BCUT2D eigenvalue weighted by atomic mass is 35.5. The van der Waals surface area contributed by atoms with Gasteiger partial charge in [0.15, 0.2) is 0 Å². The summed E-state index contributed by atoms with van der Waals surface area (Å²) in [5.41, 5.74) is 4.38. The molecule has 0 fully saturated rings. The second-order valence-corrected chi connectivity index (χ2v) is 8.13. The van der Waals surface area contributed by atoms with Crippen molar-refractivity contribution in [1.29, 1.82) is 0 Å². The molecule has 0 unspecified atom stereocenters. The van der Waals surface area contributed by atoms with Gasteiger partial charge in [-0.05, 0) is 17.5 Å². The third-order valence-corrected chi connectivity index (χ3v) is 6.48. The monoisotopic (exact) mass is 430 g/mol. The number of nitrogens with zero attached hydrogens (tertiary/aromatic N) is 2.